The molecule has 0 heterocycles. The molecule has 2 aromatic rings. The largest absolute Gasteiger partial charge is 0.479 e. The summed E-state index contributed by atoms with van der Waals surface area (Å²) in [6.45, 7) is 1.95. The Morgan fingerprint density at radius 1 is 0.727 bits per heavy atom. The first kappa shape index (κ1) is 30.1. The number of hydroxylamine groups is 2. The molecule has 0 saturated heterocycles. The molecule has 0 fully saturated rings. The normalized spacial score (nSPS) is 9.73. The van der Waals surface area contributed by atoms with Crippen LogP contribution in [0.5, 0.6) is 0 Å². The summed E-state index contributed by atoms with van der Waals surface area (Å²) >= 11 is 0. The monoisotopic (exact) mass is 464 g/mol. The van der Waals surface area contributed by atoms with Gasteiger partial charge in [-0.15, -0.1) is 0 Å². The summed E-state index contributed by atoms with van der Waals surface area (Å²) in [6.07, 6.45) is 0. The average Bonchev–Trinajstić information content (AvgIpc) is 2.86. The summed E-state index contributed by atoms with van der Waals surface area (Å²) < 4.78 is 0. The van der Waals surface area contributed by atoms with E-state index in [4.69, 9.17) is 27.1 Å². The second kappa shape index (κ2) is 19.8. The molecule has 0 spiro atoms. The Bertz CT molecular complexity index is 749. The fourth-order valence-corrected chi connectivity index (χ4v) is 2.13. The zero-order chi connectivity index (χ0) is 24.9. The summed E-state index contributed by atoms with van der Waals surface area (Å²) in [4.78, 5) is 29.8. The lowest BCUT2D eigenvalue weighted by Crippen LogP contribution is -2.29. The van der Waals surface area contributed by atoms with E-state index < -0.39 is 5.97 Å². The minimum atomic E-state index is -0.977. The first-order chi connectivity index (χ1) is 15.9. The fourth-order valence-electron chi connectivity index (χ4n) is 2.13. The predicted molar refractivity (Wildman–Crippen MR) is 126 cm³/mol. The number of carboxylic acid groups (broad SMARTS) is 1. The molecule has 33 heavy (non-hydrogen) atoms. The maximum absolute atomic E-state index is 11.2. The third-order valence-electron chi connectivity index (χ3n) is 3.93. The summed E-state index contributed by atoms with van der Waals surface area (Å²) in [5.41, 5.74) is 25.4. The fraction of sp³-hybridized carbons (Fsp3) is 0.364. The number of aliphatic carboxylic acids is 1. The van der Waals surface area contributed by atoms with Crippen LogP contribution in [0.2, 0.25) is 0 Å². The Kier molecular flexibility index (Phi) is 18.0. The maximum Gasteiger partial charge on any atom is 0.331 e. The molecule has 11 heteroatoms. The van der Waals surface area contributed by atoms with Gasteiger partial charge in [-0.2, -0.15) is 0 Å². The first-order valence-electron chi connectivity index (χ1n) is 10.2. The topological polar surface area (TPSA) is 187 Å². The number of amides is 1. The van der Waals surface area contributed by atoms with Crippen molar-refractivity contribution < 1.29 is 24.4 Å². The zero-order valence-electron chi connectivity index (χ0n) is 19.2. The van der Waals surface area contributed by atoms with Crippen LogP contribution in [0.4, 0.5) is 0 Å². The van der Waals surface area contributed by atoms with Crippen LogP contribution in [0.1, 0.15) is 22.3 Å². The van der Waals surface area contributed by atoms with Crippen LogP contribution in [0.15, 0.2) is 48.5 Å². The molecule has 0 bridgehead atoms. The van der Waals surface area contributed by atoms with Gasteiger partial charge in [-0.1, -0.05) is 48.5 Å². The minimum absolute atomic E-state index is 0.0113. The van der Waals surface area contributed by atoms with Crippen molar-refractivity contribution in [1.82, 2.24) is 16.3 Å². The molecular weight excluding hydrogens is 428 g/mol. The van der Waals surface area contributed by atoms with Gasteiger partial charge in [0.15, 0.2) is 6.61 Å². The average molecular weight is 465 g/mol. The maximum atomic E-state index is 11.2. The first-order valence-corrected chi connectivity index (χ1v) is 10.2. The van der Waals surface area contributed by atoms with Crippen molar-refractivity contribution in [2.75, 3.05) is 27.3 Å². The van der Waals surface area contributed by atoms with Crippen molar-refractivity contribution in [3.8, 4) is 0 Å². The number of hydrogen-bond donors (Lipinski definition) is 7. The third-order valence-corrected chi connectivity index (χ3v) is 3.93. The van der Waals surface area contributed by atoms with Crippen molar-refractivity contribution >= 4 is 11.9 Å². The summed E-state index contributed by atoms with van der Waals surface area (Å²) in [5.74, 6) is -1.13. The molecule has 0 radical (unpaired) electrons. The Labute approximate surface area is 194 Å². The number of nitrogens with one attached hydrogen (secondary N) is 3. The smallest absolute Gasteiger partial charge is 0.331 e. The van der Waals surface area contributed by atoms with Gasteiger partial charge in [0.1, 0.15) is 6.61 Å². The molecule has 10 N–H and O–H groups in total. The highest BCUT2D eigenvalue weighted by Gasteiger charge is 2.00. The molecule has 0 unspecified atom stereocenters. The van der Waals surface area contributed by atoms with Gasteiger partial charge in [-0.25, -0.2) is 15.8 Å². The molecule has 2 rings (SSSR count). The molecule has 11 nitrogen and oxygen atoms in total. The predicted octanol–water partition coefficient (Wildman–Crippen LogP) is -0.261. The quantitative estimate of drug-likeness (QED) is 0.218. The lowest BCUT2D eigenvalue weighted by Gasteiger charge is -2.06. The number of carbonyl (C=O) groups excluding carboxylic acids is 1. The van der Waals surface area contributed by atoms with E-state index in [2.05, 4.69) is 21.1 Å². The van der Waals surface area contributed by atoms with Crippen LogP contribution in [0.3, 0.4) is 0 Å². The van der Waals surface area contributed by atoms with Crippen LogP contribution in [0.25, 0.3) is 0 Å². The third kappa shape index (κ3) is 16.4. The summed E-state index contributed by atoms with van der Waals surface area (Å²) in [6, 6.07) is 15.8. The number of carbonyl (C=O) groups is 2. The molecule has 184 valence electrons. The van der Waals surface area contributed by atoms with Gasteiger partial charge < -0.3 is 27.6 Å². The summed E-state index contributed by atoms with van der Waals surface area (Å²) in [5, 5.41) is 10.6. The molecule has 2 aromatic carbocycles. The Morgan fingerprint density at radius 2 is 1.09 bits per heavy atom. The van der Waals surface area contributed by atoms with E-state index in [1.54, 1.807) is 7.05 Å². The van der Waals surface area contributed by atoms with E-state index in [0.29, 0.717) is 26.2 Å². The van der Waals surface area contributed by atoms with Crippen LogP contribution >= 0.6 is 0 Å². The SMILES string of the molecule is CNOCC(=O)NCc1ccc(CN)cc1.CNOCC(=O)O.NCc1ccc(CN)cc1. The molecule has 0 atom stereocenters. The van der Waals surface area contributed by atoms with Gasteiger partial charge >= 0.3 is 5.97 Å². The van der Waals surface area contributed by atoms with Crippen molar-refractivity contribution in [3.63, 3.8) is 0 Å². The van der Waals surface area contributed by atoms with Crippen molar-refractivity contribution in [2.24, 2.45) is 17.2 Å². The second-order valence-corrected chi connectivity index (χ2v) is 6.40. The Hall–Kier alpha value is -2.90. The van der Waals surface area contributed by atoms with Crippen molar-refractivity contribution in [2.45, 2.75) is 26.2 Å². The van der Waals surface area contributed by atoms with E-state index in [0.717, 1.165) is 22.3 Å². The van der Waals surface area contributed by atoms with Gasteiger partial charge in [0, 0.05) is 40.3 Å². The van der Waals surface area contributed by atoms with Gasteiger partial charge in [0.25, 0.3) is 0 Å². The van der Waals surface area contributed by atoms with Gasteiger partial charge in [-0.05, 0) is 22.3 Å². The summed E-state index contributed by atoms with van der Waals surface area (Å²) in [7, 11) is 3.11. The Morgan fingerprint density at radius 3 is 1.39 bits per heavy atom. The Balaban J connectivity index is 0.000000514. The number of benzene rings is 2. The highest BCUT2D eigenvalue weighted by Crippen LogP contribution is 2.03. The minimum Gasteiger partial charge on any atom is -0.479 e. The van der Waals surface area contributed by atoms with Crippen LogP contribution in [-0.4, -0.2) is 44.3 Å². The van der Waals surface area contributed by atoms with E-state index >= 15 is 0 Å². The van der Waals surface area contributed by atoms with Crippen molar-refractivity contribution in [1.29, 1.82) is 0 Å². The molecule has 0 aliphatic heterocycles. The molecule has 0 aliphatic rings. The molecular formula is C22H36N6O5. The van der Waals surface area contributed by atoms with Crippen molar-refractivity contribution in [3.05, 3.63) is 70.8 Å². The van der Waals surface area contributed by atoms with Crippen LogP contribution < -0.4 is 33.5 Å². The van der Waals surface area contributed by atoms with Crippen LogP contribution in [-0.2, 0) is 45.4 Å². The number of hydrogen-bond acceptors (Lipinski definition) is 9. The molecule has 0 saturated carbocycles. The highest BCUT2D eigenvalue weighted by atomic mass is 16.7. The zero-order valence-corrected chi connectivity index (χ0v) is 19.2. The van der Waals surface area contributed by atoms with Gasteiger partial charge in [0.2, 0.25) is 5.91 Å². The number of rotatable bonds is 11. The standard InChI is InChI=1S/C11H17N3O2.C8H12N2.C3H7NO3/c1-13-16-8-11(15)14-7-10-4-2-9(6-12)3-5-10;9-5-7-1-2-8(6-10)4-3-7;1-4-7-2-3(5)6/h2-5,13H,6-8,12H2,1H3,(H,14,15);1-4H,5-6,9-10H2;4H,2H2,1H3,(H,5,6). The van der Waals surface area contributed by atoms with E-state index in [1.807, 2.05) is 48.5 Å². The molecule has 1 amide bonds. The lowest BCUT2D eigenvalue weighted by atomic mass is 10.1. The lowest BCUT2D eigenvalue weighted by molar-refractivity contribution is -0.144. The second-order valence-electron chi connectivity index (χ2n) is 6.40. The highest BCUT2D eigenvalue weighted by molar-refractivity contribution is 5.77. The number of nitrogens with two attached hydrogens (primary N) is 3. The van der Waals surface area contributed by atoms with E-state index in [1.165, 1.54) is 7.05 Å². The van der Waals surface area contributed by atoms with E-state index in [9.17, 15) is 9.59 Å². The van der Waals surface area contributed by atoms with Crippen LogP contribution in [0, 0.1) is 0 Å². The van der Waals surface area contributed by atoms with E-state index in [-0.39, 0.29) is 19.1 Å². The molecule has 0 aromatic heterocycles. The molecule has 0 aliphatic carbocycles. The number of carboxylic acids is 1. The van der Waals surface area contributed by atoms with Gasteiger partial charge in [0.05, 0.1) is 0 Å². The van der Waals surface area contributed by atoms with Gasteiger partial charge in [-0.3, -0.25) is 14.5 Å².